The van der Waals surface area contributed by atoms with Crippen LogP contribution in [0.4, 0.5) is 0 Å². The van der Waals surface area contributed by atoms with Crippen molar-refractivity contribution in [3.8, 4) is 0 Å². The van der Waals surface area contributed by atoms with Gasteiger partial charge in [-0.25, -0.2) is 0 Å². The summed E-state index contributed by atoms with van der Waals surface area (Å²) >= 11 is 0. The van der Waals surface area contributed by atoms with Gasteiger partial charge in [0, 0.05) is 5.54 Å². The summed E-state index contributed by atoms with van der Waals surface area (Å²) in [6.07, 6.45) is 9.68. The van der Waals surface area contributed by atoms with Gasteiger partial charge in [0.2, 0.25) is 0 Å². The Bertz CT molecular complexity index is 207. The van der Waals surface area contributed by atoms with Crippen molar-refractivity contribution in [2.45, 2.75) is 76.9 Å². The molecule has 1 rings (SSSR count). The Balaban J connectivity index is 2.81. The lowest BCUT2D eigenvalue weighted by atomic mass is 9.77. The maximum absolute atomic E-state index is 10.8. The summed E-state index contributed by atoms with van der Waals surface area (Å²) in [7, 11) is 4.29. The Morgan fingerprint density at radius 3 is 2.06 bits per heavy atom. The van der Waals surface area contributed by atoms with Crippen molar-refractivity contribution in [3.05, 3.63) is 0 Å². The Morgan fingerprint density at radius 2 is 1.65 bits per heavy atom. The monoisotopic (exact) mass is 241 g/mol. The first-order valence-corrected chi connectivity index (χ1v) is 7.40. The van der Waals surface area contributed by atoms with Gasteiger partial charge in [-0.05, 0) is 39.3 Å². The van der Waals surface area contributed by atoms with E-state index in [1.54, 1.807) is 0 Å². The van der Waals surface area contributed by atoms with E-state index in [1.165, 1.54) is 32.1 Å². The molecule has 0 heterocycles. The average molecular weight is 241 g/mol. The van der Waals surface area contributed by atoms with Gasteiger partial charge in [-0.15, -0.1) is 0 Å². The maximum atomic E-state index is 10.8. The number of hydrogen-bond donors (Lipinski definition) is 1. The highest BCUT2D eigenvalue weighted by Gasteiger charge is 2.42. The Hall–Kier alpha value is -0.0800. The summed E-state index contributed by atoms with van der Waals surface area (Å²) in [6.45, 7) is 4.42. The van der Waals surface area contributed by atoms with Crippen LogP contribution in [-0.4, -0.2) is 35.7 Å². The second-order valence-corrected chi connectivity index (χ2v) is 6.12. The molecule has 1 fully saturated rings. The van der Waals surface area contributed by atoms with Crippen molar-refractivity contribution in [2.75, 3.05) is 14.1 Å². The molecular formula is C15H31NO. The molecule has 0 aliphatic heterocycles. The second-order valence-electron chi connectivity index (χ2n) is 6.12. The van der Waals surface area contributed by atoms with Crippen LogP contribution in [0.25, 0.3) is 0 Å². The number of rotatable bonds is 5. The summed E-state index contributed by atoms with van der Waals surface area (Å²) in [6, 6.07) is 0. The third-order valence-corrected chi connectivity index (χ3v) is 4.69. The molecule has 17 heavy (non-hydrogen) atoms. The molecule has 2 heteroatoms. The van der Waals surface area contributed by atoms with Crippen LogP contribution in [0, 0.1) is 5.92 Å². The van der Waals surface area contributed by atoms with E-state index in [0.29, 0.717) is 5.92 Å². The number of aliphatic hydroxyl groups excluding tert-OH is 1. The molecule has 1 saturated carbocycles. The largest absolute Gasteiger partial charge is 0.391 e. The van der Waals surface area contributed by atoms with Gasteiger partial charge >= 0.3 is 0 Å². The predicted octanol–water partition coefficient (Wildman–Crippen LogP) is 3.44. The summed E-state index contributed by atoms with van der Waals surface area (Å²) < 4.78 is 0. The molecule has 2 unspecified atom stereocenters. The van der Waals surface area contributed by atoms with Crippen LogP contribution < -0.4 is 0 Å². The molecular weight excluding hydrogens is 210 g/mol. The van der Waals surface area contributed by atoms with Crippen molar-refractivity contribution < 1.29 is 5.11 Å². The molecule has 1 aliphatic carbocycles. The van der Waals surface area contributed by atoms with Gasteiger partial charge in [0.1, 0.15) is 0 Å². The molecule has 1 N–H and O–H groups in total. The number of nitrogens with zero attached hydrogens (tertiary/aromatic N) is 1. The highest BCUT2D eigenvalue weighted by molar-refractivity contribution is 4.97. The van der Waals surface area contributed by atoms with Crippen LogP contribution in [0.15, 0.2) is 0 Å². The van der Waals surface area contributed by atoms with Gasteiger partial charge in [-0.2, -0.15) is 0 Å². The molecule has 0 aromatic rings. The fourth-order valence-electron chi connectivity index (χ4n) is 3.49. The van der Waals surface area contributed by atoms with E-state index in [1.807, 2.05) is 0 Å². The van der Waals surface area contributed by atoms with E-state index >= 15 is 0 Å². The lowest BCUT2D eigenvalue weighted by molar-refractivity contribution is -0.0488. The zero-order chi connectivity index (χ0) is 12.9. The quantitative estimate of drug-likeness (QED) is 0.745. The summed E-state index contributed by atoms with van der Waals surface area (Å²) in [5, 5.41) is 10.8. The minimum absolute atomic E-state index is 0.0328. The van der Waals surface area contributed by atoms with Crippen LogP contribution in [0.5, 0.6) is 0 Å². The standard InChI is InChI=1S/C15H31NO/c1-5-10-13(2)14(17)15(16(3)4)11-8-6-7-9-12-15/h13-14,17H,5-12H2,1-4H3. The first-order chi connectivity index (χ1) is 8.04. The van der Waals surface area contributed by atoms with E-state index in [4.69, 9.17) is 0 Å². The number of hydrogen-bond acceptors (Lipinski definition) is 2. The molecule has 0 saturated heterocycles. The van der Waals surface area contributed by atoms with E-state index in [0.717, 1.165) is 19.3 Å². The summed E-state index contributed by atoms with van der Waals surface area (Å²) in [4.78, 5) is 2.30. The van der Waals surface area contributed by atoms with Crippen LogP contribution in [0.1, 0.15) is 65.2 Å². The third-order valence-electron chi connectivity index (χ3n) is 4.69. The molecule has 102 valence electrons. The topological polar surface area (TPSA) is 23.5 Å². The van der Waals surface area contributed by atoms with Crippen molar-refractivity contribution in [3.63, 3.8) is 0 Å². The van der Waals surface area contributed by atoms with Gasteiger partial charge in [-0.1, -0.05) is 46.0 Å². The summed E-state index contributed by atoms with van der Waals surface area (Å²) in [5.74, 6) is 0.417. The van der Waals surface area contributed by atoms with E-state index in [9.17, 15) is 5.11 Å². The lowest BCUT2D eigenvalue weighted by Crippen LogP contribution is -2.55. The zero-order valence-corrected chi connectivity index (χ0v) is 12.2. The van der Waals surface area contributed by atoms with Crippen LogP contribution in [0.2, 0.25) is 0 Å². The van der Waals surface area contributed by atoms with Crippen molar-refractivity contribution in [2.24, 2.45) is 5.92 Å². The molecule has 0 radical (unpaired) electrons. The minimum atomic E-state index is -0.171. The van der Waals surface area contributed by atoms with Gasteiger partial charge < -0.3 is 10.0 Å². The number of likely N-dealkylation sites (N-methyl/N-ethyl adjacent to an activating group) is 1. The number of aliphatic hydroxyl groups is 1. The fourth-order valence-corrected chi connectivity index (χ4v) is 3.49. The molecule has 0 aromatic carbocycles. The molecule has 0 amide bonds. The maximum Gasteiger partial charge on any atom is 0.0749 e. The van der Waals surface area contributed by atoms with Crippen LogP contribution in [-0.2, 0) is 0 Å². The first-order valence-electron chi connectivity index (χ1n) is 7.40. The van der Waals surface area contributed by atoms with Gasteiger partial charge in [0.15, 0.2) is 0 Å². The normalized spacial score (nSPS) is 24.4. The highest BCUT2D eigenvalue weighted by Crippen LogP contribution is 2.37. The van der Waals surface area contributed by atoms with E-state index in [2.05, 4.69) is 32.8 Å². The second kappa shape index (κ2) is 6.75. The van der Waals surface area contributed by atoms with Gasteiger partial charge in [0.05, 0.1) is 6.10 Å². The molecule has 0 spiro atoms. The molecule has 1 aliphatic rings. The fraction of sp³-hybridized carbons (Fsp3) is 1.00. The third kappa shape index (κ3) is 3.45. The Morgan fingerprint density at radius 1 is 1.12 bits per heavy atom. The van der Waals surface area contributed by atoms with Crippen molar-refractivity contribution in [1.29, 1.82) is 0 Å². The average Bonchev–Trinajstić information content (AvgIpc) is 2.54. The van der Waals surface area contributed by atoms with E-state index in [-0.39, 0.29) is 11.6 Å². The SMILES string of the molecule is CCCC(C)C(O)C1(N(C)C)CCCCCC1. The molecule has 0 aromatic heterocycles. The smallest absolute Gasteiger partial charge is 0.0749 e. The van der Waals surface area contributed by atoms with Gasteiger partial charge in [-0.3, -0.25) is 0 Å². The van der Waals surface area contributed by atoms with Crippen LogP contribution >= 0.6 is 0 Å². The van der Waals surface area contributed by atoms with E-state index < -0.39 is 0 Å². The Kier molecular flexibility index (Phi) is 5.94. The zero-order valence-electron chi connectivity index (χ0n) is 12.2. The highest BCUT2D eigenvalue weighted by atomic mass is 16.3. The first kappa shape index (κ1) is 15.0. The lowest BCUT2D eigenvalue weighted by Gasteiger charge is -2.45. The predicted molar refractivity (Wildman–Crippen MR) is 74.2 cm³/mol. The summed E-state index contributed by atoms with van der Waals surface area (Å²) in [5.41, 5.74) is 0.0328. The molecule has 2 nitrogen and oxygen atoms in total. The van der Waals surface area contributed by atoms with Gasteiger partial charge in [0.25, 0.3) is 0 Å². The van der Waals surface area contributed by atoms with Crippen molar-refractivity contribution >= 4 is 0 Å². The molecule has 0 bridgehead atoms. The molecule has 2 atom stereocenters. The van der Waals surface area contributed by atoms with Crippen molar-refractivity contribution in [1.82, 2.24) is 4.90 Å². The Labute approximate surface area is 107 Å². The van der Waals surface area contributed by atoms with Crippen LogP contribution in [0.3, 0.4) is 0 Å². The minimum Gasteiger partial charge on any atom is -0.391 e.